The van der Waals surface area contributed by atoms with Crippen LogP contribution in [0.5, 0.6) is 5.75 Å². The van der Waals surface area contributed by atoms with Gasteiger partial charge in [0.1, 0.15) is 24.0 Å². The van der Waals surface area contributed by atoms with E-state index in [1.54, 1.807) is 31.2 Å². The molecule has 0 saturated heterocycles. The Kier molecular flexibility index (Phi) is 10.9. The molecule has 2 aromatic rings. The molecule has 0 aliphatic rings. The smallest absolute Gasteiger partial charge is 0.271 e. The lowest BCUT2D eigenvalue weighted by molar-refractivity contribution is -0.384. The van der Waals surface area contributed by atoms with E-state index in [1.807, 2.05) is 13.0 Å². The van der Waals surface area contributed by atoms with Gasteiger partial charge < -0.3 is 15.0 Å². The first-order valence-electron chi connectivity index (χ1n) is 11.9. The second-order valence-corrected chi connectivity index (χ2v) is 10.4. The molecule has 202 valence electrons. The van der Waals surface area contributed by atoms with Crippen molar-refractivity contribution in [2.45, 2.75) is 45.7 Å². The first-order valence-corrected chi connectivity index (χ1v) is 13.8. The summed E-state index contributed by atoms with van der Waals surface area (Å²) in [5.41, 5.74) is 0.252. The number of nitrogens with one attached hydrogen (secondary N) is 1. The van der Waals surface area contributed by atoms with E-state index in [4.69, 9.17) is 4.74 Å². The summed E-state index contributed by atoms with van der Waals surface area (Å²) in [7, 11) is -2.79. The molecule has 0 spiro atoms. The molecule has 0 aliphatic heterocycles. The minimum Gasteiger partial charge on any atom is -0.495 e. The van der Waals surface area contributed by atoms with Crippen molar-refractivity contribution in [1.29, 1.82) is 0 Å². The number of hydrogen-bond donors (Lipinski definition) is 1. The number of nitrogens with zero attached hydrogens (tertiary/aromatic N) is 3. The molecule has 2 rings (SSSR count). The van der Waals surface area contributed by atoms with E-state index in [9.17, 15) is 28.1 Å². The molecule has 0 aromatic heterocycles. The van der Waals surface area contributed by atoms with Gasteiger partial charge >= 0.3 is 0 Å². The van der Waals surface area contributed by atoms with E-state index in [1.165, 1.54) is 24.1 Å². The maximum Gasteiger partial charge on any atom is 0.271 e. The molecule has 1 atom stereocenters. The maximum atomic E-state index is 13.7. The van der Waals surface area contributed by atoms with Gasteiger partial charge in [0.05, 0.1) is 18.3 Å². The van der Waals surface area contributed by atoms with Crippen molar-refractivity contribution in [3.63, 3.8) is 0 Å². The lowest BCUT2D eigenvalue weighted by Gasteiger charge is -2.33. The number of amides is 2. The number of anilines is 1. The van der Waals surface area contributed by atoms with Crippen LogP contribution in [-0.2, 0) is 26.2 Å². The molecule has 12 heteroatoms. The average molecular weight is 535 g/mol. The summed E-state index contributed by atoms with van der Waals surface area (Å²) in [6.45, 7) is 3.62. The Balaban J connectivity index is 2.50. The topological polar surface area (TPSA) is 139 Å². The molecule has 2 amide bonds. The number of nitro groups is 1. The Labute approximate surface area is 217 Å². The first-order chi connectivity index (χ1) is 17.5. The summed E-state index contributed by atoms with van der Waals surface area (Å²) in [5, 5.41) is 14.2. The summed E-state index contributed by atoms with van der Waals surface area (Å²) in [6.07, 6.45) is 2.87. The third kappa shape index (κ3) is 8.17. The Bertz CT molecular complexity index is 1190. The zero-order chi connectivity index (χ0) is 27.6. The number of unbranched alkanes of at least 4 members (excludes halogenated alkanes) is 1. The van der Waals surface area contributed by atoms with E-state index in [0.29, 0.717) is 13.0 Å². The normalized spacial score (nSPS) is 11.9. The number of methoxy groups -OCH3 is 1. The molecular formula is C25H34N4O7S. The van der Waals surface area contributed by atoms with Gasteiger partial charge in [-0.25, -0.2) is 8.42 Å². The minimum absolute atomic E-state index is 0.0442. The molecule has 1 N–H and O–H groups in total. The molecule has 0 unspecified atom stereocenters. The van der Waals surface area contributed by atoms with Gasteiger partial charge in [0.2, 0.25) is 21.8 Å². The summed E-state index contributed by atoms with van der Waals surface area (Å²) >= 11 is 0. The fourth-order valence-electron chi connectivity index (χ4n) is 3.79. The summed E-state index contributed by atoms with van der Waals surface area (Å²) in [5.74, 6) is -0.929. The quantitative estimate of drug-likeness (QED) is 0.223. The molecule has 0 aliphatic carbocycles. The van der Waals surface area contributed by atoms with Gasteiger partial charge in [-0.15, -0.1) is 0 Å². The SMILES string of the molecule is CCCCNC(=O)[C@H](CC)N(Cc1ccccc1)C(=O)CN(c1cc([N+](=O)[O-])ccc1OC)S(C)(=O)=O. The van der Waals surface area contributed by atoms with Crippen LogP contribution in [0.4, 0.5) is 11.4 Å². The van der Waals surface area contributed by atoms with Crippen molar-refractivity contribution in [3.8, 4) is 5.75 Å². The number of rotatable bonds is 14. The fraction of sp³-hybridized carbons (Fsp3) is 0.440. The third-order valence-corrected chi connectivity index (χ3v) is 6.86. The summed E-state index contributed by atoms with van der Waals surface area (Å²) in [4.78, 5) is 38.7. The number of benzene rings is 2. The molecule has 0 bridgehead atoms. The van der Waals surface area contributed by atoms with Crippen LogP contribution < -0.4 is 14.4 Å². The monoisotopic (exact) mass is 534 g/mol. The van der Waals surface area contributed by atoms with Gasteiger partial charge in [-0.1, -0.05) is 50.6 Å². The lowest BCUT2D eigenvalue weighted by Crippen LogP contribution is -2.52. The highest BCUT2D eigenvalue weighted by molar-refractivity contribution is 7.92. The van der Waals surface area contributed by atoms with Crippen LogP contribution in [0.3, 0.4) is 0 Å². The highest BCUT2D eigenvalue weighted by Crippen LogP contribution is 2.34. The van der Waals surface area contributed by atoms with Crippen molar-refractivity contribution in [2.24, 2.45) is 0 Å². The number of hydrogen-bond acceptors (Lipinski definition) is 7. The van der Waals surface area contributed by atoms with Crippen LogP contribution in [-0.4, -0.2) is 62.6 Å². The van der Waals surface area contributed by atoms with Crippen molar-refractivity contribution in [1.82, 2.24) is 10.2 Å². The Morgan fingerprint density at radius 3 is 2.35 bits per heavy atom. The van der Waals surface area contributed by atoms with E-state index < -0.39 is 33.4 Å². The molecule has 11 nitrogen and oxygen atoms in total. The van der Waals surface area contributed by atoms with Gasteiger partial charge in [-0.3, -0.25) is 24.0 Å². The zero-order valence-corrected chi connectivity index (χ0v) is 22.4. The molecule has 2 aromatic carbocycles. The van der Waals surface area contributed by atoms with Crippen LogP contribution in [0, 0.1) is 10.1 Å². The summed E-state index contributed by atoms with van der Waals surface area (Å²) < 4.78 is 31.6. The number of nitro benzene ring substituents is 1. The highest BCUT2D eigenvalue weighted by atomic mass is 32.2. The summed E-state index contributed by atoms with van der Waals surface area (Å²) in [6, 6.07) is 11.7. The Morgan fingerprint density at radius 2 is 1.81 bits per heavy atom. The number of ether oxygens (including phenoxy) is 1. The van der Waals surface area contributed by atoms with Gasteiger partial charge in [0.15, 0.2) is 0 Å². The molecule has 0 radical (unpaired) electrons. The number of carbonyl (C=O) groups excluding carboxylic acids is 2. The van der Waals surface area contributed by atoms with Crippen molar-refractivity contribution < 1.29 is 27.7 Å². The van der Waals surface area contributed by atoms with E-state index >= 15 is 0 Å². The van der Waals surface area contributed by atoms with Crippen LogP contribution in [0.25, 0.3) is 0 Å². The predicted molar refractivity (Wildman–Crippen MR) is 141 cm³/mol. The molecule has 37 heavy (non-hydrogen) atoms. The predicted octanol–water partition coefficient (Wildman–Crippen LogP) is 3.09. The van der Waals surface area contributed by atoms with Gasteiger partial charge in [-0.2, -0.15) is 0 Å². The van der Waals surface area contributed by atoms with Gasteiger partial charge in [-0.05, 0) is 24.5 Å². The van der Waals surface area contributed by atoms with Crippen molar-refractivity contribution in [2.75, 3.05) is 30.8 Å². The van der Waals surface area contributed by atoms with Gasteiger partial charge in [0, 0.05) is 25.2 Å². The Morgan fingerprint density at radius 1 is 1.14 bits per heavy atom. The third-order valence-electron chi connectivity index (χ3n) is 5.73. The van der Waals surface area contributed by atoms with Crippen LogP contribution in [0.2, 0.25) is 0 Å². The van der Waals surface area contributed by atoms with Crippen LogP contribution in [0.1, 0.15) is 38.7 Å². The van der Waals surface area contributed by atoms with Crippen LogP contribution >= 0.6 is 0 Å². The maximum absolute atomic E-state index is 13.7. The van der Waals surface area contributed by atoms with Crippen LogP contribution in [0.15, 0.2) is 48.5 Å². The number of non-ortho nitro benzene ring substituents is 1. The Hall–Kier alpha value is -3.67. The molecular weight excluding hydrogens is 500 g/mol. The lowest BCUT2D eigenvalue weighted by atomic mass is 10.1. The fourth-order valence-corrected chi connectivity index (χ4v) is 4.63. The van der Waals surface area contributed by atoms with Gasteiger partial charge in [0.25, 0.3) is 5.69 Å². The van der Waals surface area contributed by atoms with Crippen molar-refractivity contribution >= 4 is 33.2 Å². The largest absolute Gasteiger partial charge is 0.495 e. The second-order valence-electron chi connectivity index (χ2n) is 8.46. The van der Waals surface area contributed by atoms with E-state index in [-0.39, 0.29) is 29.6 Å². The highest BCUT2D eigenvalue weighted by Gasteiger charge is 2.33. The number of carbonyl (C=O) groups is 2. The molecule has 0 heterocycles. The molecule has 0 saturated carbocycles. The molecule has 0 fully saturated rings. The van der Waals surface area contributed by atoms with E-state index in [2.05, 4.69) is 5.32 Å². The van der Waals surface area contributed by atoms with E-state index in [0.717, 1.165) is 35.0 Å². The number of sulfonamides is 1. The second kappa shape index (κ2) is 13.6. The standard InChI is InChI=1S/C25H34N4O7S/c1-5-7-15-26-25(31)21(6-2)27(17-19-11-9-8-10-12-19)24(30)18-28(37(4,34)35)22-16-20(29(32)33)13-14-23(22)36-3/h8-14,16,21H,5-7,15,17-18H2,1-4H3,(H,26,31)/t21-/m0/s1. The minimum atomic E-state index is -4.08. The zero-order valence-electron chi connectivity index (χ0n) is 21.5. The first kappa shape index (κ1) is 29.6. The average Bonchev–Trinajstić information content (AvgIpc) is 2.86. The van der Waals surface area contributed by atoms with Crippen molar-refractivity contribution in [3.05, 3.63) is 64.2 Å².